The molecule has 9 nitrogen and oxygen atoms in total. The van der Waals surface area contributed by atoms with Crippen LogP contribution in [0.15, 0.2) is 4.79 Å². The molecule has 0 bridgehead atoms. The highest BCUT2D eigenvalue weighted by Crippen LogP contribution is 2.29. The summed E-state index contributed by atoms with van der Waals surface area (Å²) in [7, 11) is 1.22. The molecule has 3 rings (SSSR count). The lowest BCUT2D eigenvalue weighted by atomic mass is 10.0. The van der Waals surface area contributed by atoms with Gasteiger partial charge in [0.1, 0.15) is 15.5 Å². The molecule has 2 aromatic heterocycles. The van der Waals surface area contributed by atoms with Gasteiger partial charge in [-0.15, -0.1) is 11.3 Å². The van der Waals surface area contributed by atoms with E-state index >= 15 is 0 Å². The lowest BCUT2D eigenvalue weighted by molar-refractivity contribution is -0.152. The van der Waals surface area contributed by atoms with Crippen LogP contribution in [-0.2, 0) is 25.5 Å². The summed E-state index contributed by atoms with van der Waals surface area (Å²) < 4.78 is 9.92. The number of thiophene rings is 1. The molecule has 1 N–H and O–H groups in total. The third-order valence-electron chi connectivity index (χ3n) is 4.95. The number of fused-ring (bicyclic) bond motifs is 1. The first-order valence-corrected chi connectivity index (χ1v) is 10.2. The Kier molecular flexibility index (Phi) is 6.31. The van der Waals surface area contributed by atoms with Gasteiger partial charge >= 0.3 is 11.9 Å². The zero-order valence-electron chi connectivity index (χ0n) is 16.6. The Balaban J connectivity index is 1.78. The highest BCUT2D eigenvalue weighted by Gasteiger charge is 2.27. The number of aromatic nitrogens is 2. The summed E-state index contributed by atoms with van der Waals surface area (Å²) in [6, 6.07) is 0.120. The quantitative estimate of drug-likeness (QED) is 0.728. The van der Waals surface area contributed by atoms with Gasteiger partial charge in [0.15, 0.2) is 6.61 Å². The van der Waals surface area contributed by atoms with Crippen molar-refractivity contribution >= 4 is 39.4 Å². The van der Waals surface area contributed by atoms with E-state index in [1.807, 2.05) is 6.92 Å². The Hall–Kier alpha value is -2.75. The number of likely N-dealkylation sites (tertiary alicyclic amines) is 1. The van der Waals surface area contributed by atoms with E-state index in [9.17, 15) is 19.2 Å². The Morgan fingerprint density at radius 1 is 1.31 bits per heavy atom. The maximum atomic E-state index is 12.4. The van der Waals surface area contributed by atoms with E-state index < -0.39 is 17.5 Å². The van der Waals surface area contributed by atoms with Crippen molar-refractivity contribution in [1.29, 1.82) is 0 Å². The SMILES string of the molecule is COC(=O)c1sc2nc(C)[nH]c(=O)c2c1CC(=O)OCC(=O)N1CCCC[C@@H]1C. The number of piperidine rings is 1. The predicted octanol–water partition coefficient (Wildman–Crippen LogP) is 1.57. The lowest BCUT2D eigenvalue weighted by Crippen LogP contribution is -2.44. The topological polar surface area (TPSA) is 119 Å². The number of ether oxygens (including phenoxy) is 2. The largest absolute Gasteiger partial charge is 0.465 e. The number of aromatic amines is 1. The van der Waals surface area contributed by atoms with Crippen LogP contribution < -0.4 is 5.56 Å². The van der Waals surface area contributed by atoms with Gasteiger partial charge in [0.2, 0.25) is 0 Å². The highest BCUT2D eigenvalue weighted by atomic mass is 32.1. The van der Waals surface area contributed by atoms with Crippen molar-refractivity contribution in [2.24, 2.45) is 0 Å². The molecule has 3 heterocycles. The van der Waals surface area contributed by atoms with Crippen molar-refractivity contribution in [2.45, 2.75) is 45.6 Å². The van der Waals surface area contributed by atoms with Crippen LogP contribution in [0.4, 0.5) is 0 Å². The molecule has 0 spiro atoms. The van der Waals surface area contributed by atoms with Crippen LogP contribution in [0.2, 0.25) is 0 Å². The summed E-state index contributed by atoms with van der Waals surface area (Å²) in [5.74, 6) is -1.21. The molecule has 1 aliphatic heterocycles. The number of rotatable bonds is 5. The van der Waals surface area contributed by atoms with Crippen LogP contribution in [-0.4, -0.2) is 59.0 Å². The van der Waals surface area contributed by atoms with E-state index in [0.717, 1.165) is 30.6 Å². The fraction of sp³-hybridized carbons (Fsp3) is 0.526. The van der Waals surface area contributed by atoms with Crippen LogP contribution in [0.3, 0.4) is 0 Å². The lowest BCUT2D eigenvalue weighted by Gasteiger charge is -2.33. The van der Waals surface area contributed by atoms with Crippen LogP contribution in [0.5, 0.6) is 0 Å². The van der Waals surface area contributed by atoms with Gasteiger partial charge in [-0.05, 0) is 33.1 Å². The summed E-state index contributed by atoms with van der Waals surface area (Å²) in [5.41, 5.74) is -0.241. The van der Waals surface area contributed by atoms with Crippen LogP contribution >= 0.6 is 11.3 Å². The normalized spacial score (nSPS) is 16.7. The number of H-pyrrole nitrogens is 1. The number of hydrogen-bond donors (Lipinski definition) is 1. The van der Waals surface area contributed by atoms with E-state index in [4.69, 9.17) is 9.47 Å². The number of amides is 1. The third-order valence-corrected chi connectivity index (χ3v) is 6.06. The molecule has 29 heavy (non-hydrogen) atoms. The molecule has 1 aliphatic rings. The average Bonchev–Trinajstić information content (AvgIpc) is 3.04. The van der Waals surface area contributed by atoms with E-state index in [0.29, 0.717) is 17.2 Å². The number of carbonyl (C=O) groups is 3. The Bertz CT molecular complexity index is 1010. The van der Waals surface area contributed by atoms with Gasteiger partial charge in [-0.25, -0.2) is 9.78 Å². The zero-order chi connectivity index (χ0) is 21.1. The maximum Gasteiger partial charge on any atom is 0.348 e. The molecular weight excluding hydrogens is 398 g/mol. The second-order valence-corrected chi connectivity index (χ2v) is 8.00. The maximum absolute atomic E-state index is 12.4. The van der Waals surface area contributed by atoms with Crippen molar-refractivity contribution in [3.8, 4) is 0 Å². The van der Waals surface area contributed by atoms with Crippen molar-refractivity contribution < 1.29 is 23.9 Å². The molecule has 0 radical (unpaired) electrons. The monoisotopic (exact) mass is 421 g/mol. The molecule has 0 unspecified atom stereocenters. The number of carbonyl (C=O) groups excluding carboxylic acids is 3. The summed E-state index contributed by atoms with van der Waals surface area (Å²) in [6.45, 7) is 3.88. The van der Waals surface area contributed by atoms with Gasteiger partial charge < -0.3 is 19.4 Å². The van der Waals surface area contributed by atoms with E-state index in [1.165, 1.54) is 7.11 Å². The predicted molar refractivity (Wildman–Crippen MR) is 106 cm³/mol. The van der Waals surface area contributed by atoms with Crippen LogP contribution in [0.1, 0.15) is 47.2 Å². The third kappa shape index (κ3) is 4.47. The van der Waals surface area contributed by atoms with Gasteiger partial charge in [0.25, 0.3) is 11.5 Å². The molecule has 156 valence electrons. The molecular formula is C19H23N3O6S. The molecule has 0 saturated carbocycles. The standard InChI is InChI=1S/C19H23N3O6S/c1-10-6-4-5-7-22(10)13(23)9-28-14(24)8-12-15-17(25)20-11(2)21-18(15)29-16(12)19(26)27-3/h10H,4-9H2,1-3H3,(H,20,21,25)/t10-/m0/s1. The van der Waals surface area contributed by atoms with Gasteiger partial charge in [-0.1, -0.05) is 0 Å². The Morgan fingerprint density at radius 2 is 2.07 bits per heavy atom. The van der Waals surface area contributed by atoms with Crippen LogP contribution in [0, 0.1) is 6.92 Å². The minimum absolute atomic E-state index is 0.120. The average molecular weight is 421 g/mol. The first kappa shape index (κ1) is 21.0. The molecule has 1 fully saturated rings. The number of nitrogens with zero attached hydrogens (tertiary/aromatic N) is 2. The van der Waals surface area contributed by atoms with Crippen molar-refractivity contribution in [1.82, 2.24) is 14.9 Å². The number of aryl methyl sites for hydroxylation is 1. The number of methoxy groups -OCH3 is 1. The zero-order valence-corrected chi connectivity index (χ0v) is 17.4. The second kappa shape index (κ2) is 8.73. The van der Waals surface area contributed by atoms with Crippen LogP contribution in [0.25, 0.3) is 10.2 Å². The van der Waals surface area contributed by atoms with E-state index in [2.05, 4.69) is 9.97 Å². The van der Waals surface area contributed by atoms with Gasteiger partial charge in [0.05, 0.1) is 18.9 Å². The molecule has 2 aromatic rings. The Morgan fingerprint density at radius 3 is 2.76 bits per heavy atom. The van der Waals surface area contributed by atoms with Gasteiger partial charge in [-0.2, -0.15) is 0 Å². The van der Waals surface area contributed by atoms with Crippen molar-refractivity contribution in [3.05, 3.63) is 26.6 Å². The summed E-state index contributed by atoms with van der Waals surface area (Å²) in [6.07, 6.45) is 2.61. The van der Waals surface area contributed by atoms with E-state index in [1.54, 1.807) is 11.8 Å². The summed E-state index contributed by atoms with van der Waals surface area (Å²) >= 11 is 0.986. The minimum Gasteiger partial charge on any atom is -0.465 e. The van der Waals surface area contributed by atoms with Crippen molar-refractivity contribution in [2.75, 3.05) is 20.3 Å². The van der Waals surface area contributed by atoms with E-state index in [-0.39, 0.29) is 40.8 Å². The molecule has 1 atom stereocenters. The fourth-order valence-corrected chi connectivity index (χ4v) is 4.65. The number of nitrogens with one attached hydrogen (secondary N) is 1. The molecule has 1 amide bonds. The Labute approximate surface area is 171 Å². The fourth-order valence-electron chi connectivity index (χ4n) is 3.49. The second-order valence-electron chi connectivity index (χ2n) is 7.00. The number of esters is 2. The number of hydrogen-bond acceptors (Lipinski definition) is 8. The molecule has 1 saturated heterocycles. The highest BCUT2D eigenvalue weighted by molar-refractivity contribution is 7.20. The van der Waals surface area contributed by atoms with Gasteiger partial charge in [0, 0.05) is 18.2 Å². The molecule has 0 aliphatic carbocycles. The first-order chi connectivity index (χ1) is 13.8. The summed E-state index contributed by atoms with van der Waals surface area (Å²) in [4.78, 5) is 58.2. The molecule has 0 aromatic carbocycles. The van der Waals surface area contributed by atoms with Gasteiger partial charge in [-0.3, -0.25) is 14.4 Å². The summed E-state index contributed by atoms with van der Waals surface area (Å²) in [5, 5.41) is 0.161. The molecule has 10 heteroatoms. The minimum atomic E-state index is -0.701. The van der Waals surface area contributed by atoms with Crippen molar-refractivity contribution in [3.63, 3.8) is 0 Å². The first-order valence-electron chi connectivity index (χ1n) is 9.37. The smallest absolute Gasteiger partial charge is 0.348 e.